The summed E-state index contributed by atoms with van der Waals surface area (Å²) in [6.45, 7) is 2.17. The summed E-state index contributed by atoms with van der Waals surface area (Å²) in [6, 6.07) is 8.07. The second kappa shape index (κ2) is 5.25. The van der Waals surface area contributed by atoms with Gasteiger partial charge >= 0.3 is 0 Å². The van der Waals surface area contributed by atoms with Crippen LogP contribution in [0.4, 0.5) is 4.79 Å². The molecule has 1 heterocycles. The molecule has 2 aromatic rings. The number of benzene rings is 1. The molecule has 1 aromatic heterocycles. The van der Waals surface area contributed by atoms with Crippen LogP contribution in [0.5, 0.6) is 0 Å². The van der Waals surface area contributed by atoms with Crippen LogP contribution in [0.1, 0.15) is 26.2 Å². The average Bonchev–Trinajstić information content (AvgIpc) is 2.85. The van der Waals surface area contributed by atoms with Crippen molar-refractivity contribution in [2.45, 2.75) is 31.4 Å². The predicted molar refractivity (Wildman–Crippen MR) is 81.7 cm³/mol. The van der Waals surface area contributed by atoms with Crippen LogP contribution in [0.25, 0.3) is 10.8 Å². The third-order valence-corrected chi connectivity index (χ3v) is 4.79. The van der Waals surface area contributed by atoms with E-state index in [1.54, 1.807) is 4.57 Å². The summed E-state index contributed by atoms with van der Waals surface area (Å²) in [7, 11) is 0. The van der Waals surface area contributed by atoms with E-state index in [1.165, 1.54) is 17.3 Å². The lowest BCUT2D eigenvalue weighted by Gasteiger charge is -2.18. The monoisotopic (exact) mass is 271 g/mol. The molecule has 2 nitrogen and oxygen atoms in total. The lowest BCUT2D eigenvalue weighted by Crippen LogP contribution is -2.12. The maximum absolute atomic E-state index is 12.3. The van der Waals surface area contributed by atoms with Gasteiger partial charge in [0.2, 0.25) is 0 Å². The van der Waals surface area contributed by atoms with Gasteiger partial charge in [0.15, 0.2) is 0 Å². The Balaban J connectivity index is 1.73. The van der Waals surface area contributed by atoms with Gasteiger partial charge in [-0.25, -0.2) is 0 Å². The summed E-state index contributed by atoms with van der Waals surface area (Å²) in [6.07, 6.45) is 9.37. The van der Waals surface area contributed by atoms with Gasteiger partial charge in [0, 0.05) is 17.6 Å². The van der Waals surface area contributed by atoms with Gasteiger partial charge in [0.05, 0.1) is 0 Å². The van der Waals surface area contributed by atoms with Crippen molar-refractivity contribution in [3.05, 3.63) is 48.3 Å². The fourth-order valence-electron chi connectivity index (χ4n) is 2.44. The minimum atomic E-state index is 0.133. The molecule has 0 spiro atoms. The van der Waals surface area contributed by atoms with Crippen LogP contribution in [-0.4, -0.2) is 15.1 Å². The topological polar surface area (TPSA) is 22.0 Å². The van der Waals surface area contributed by atoms with Crippen molar-refractivity contribution >= 4 is 27.8 Å². The molecule has 0 N–H and O–H groups in total. The number of rotatable bonds is 1. The van der Waals surface area contributed by atoms with Crippen LogP contribution in [0.3, 0.4) is 0 Å². The smallest absolute Gasteiger partial charge is 0.284 e. The predicted octanol–water partition coefficient (Wildman–Crippen LogP) is 4.84. The molecule has 1 unspecified atom stereocenters. The molecule has 19 heavy (non-hydrogen) atoms. The van der Waals surface area contributed by atoms with Gasteiger partial charge in [-0.05, 0) is 37.0 Å². The van der Waals surface area contributed by atoms with Gasteiger partial charge in [0.25, 0.3) is 5.24 Å². The van der Waals surface area contributed by atoms with Crippen LogP contribution >= 0.6 is 11.8 Å². The highest BCUT2D eigenvalue weighted by atomic mass is 32.2. The quantitative estimate of drug-likeness (QED) is 0.692. The minimum Gasteiger partial charge on any atom is -0.284 e. The highest BCUT2D eigenvalue weighted by molar-refractivity contribution is 8.14. The molecule has 0 aliphatic heterocycles. The second-order valence-electron chi connectivity index (χ2n) is 5.13. The molecule has 0 fully saturated rings. The standard InChI is InChI=1S/C16H17NOS/c1-12-6-8-15(9-7-12)19-16(18)17-10-13-4-2-3-5-14(13)11-17/h2-6,10-11,15H,7-9H2,1H3. The molecule has 0 bridgehead atoms. The van der Waals surface area contributed by atoms with Gasteiger partial charge < -0.3 is 0 Å². The summed E-state index contributed by atoms with van der Waals surface area (Å²) in [5.41, 5.74) is 1.45. The van der Waals surface area contributed by atoms with Crippen molar-refractivity contribution in [2.75, 3.05) is 0 Å². The van der Waals surface area contributed by atoms with E-state index in [0.717, 1.165) is 30.0 Å². The summed E-state index contributed by atoms with van der Waals surface area (Å²) >= 11 is 1.47. The zero-order valence-corrected chi connectivity index (χ0v) is 11.8. The SMILES string of the molecule is CC1=CCC(SC(=O)n2cc3ccccc3c2)CC1. The highest BCUT2D eigenvalue weighted by Crippen LogP contribution is 2.29. The molecule has 0 amide bonds. The van der Waals surface area contributed by atoms with E-state index in [4.69, 9.17) is 0 Å². The van der Waals surface area contributed by atoms with Gasteiger partial charge in [-0.2, -0.15) is 0 Å². The first-order valence-electron chi connectivity index (χ1n) is 6.66. The van der Waals surface area contributed by atoms with Gasteiger partial charge in [-0.1, -0.05) is 47.7 Å². The summed E-state index contributed by atoms with van der Waals surface area (Å²) < 4.78 is 1.72. The van der Waals surface area contributed by atoms with Crippen molar-refractivity contribution in [3.8, 4) is 0 Å². The molecule has 0 saturated heterocycles. The average molecular weight is 271 g/mol. The number of hydrogen-bond acceptors (Lipinski definition) is 2. The number of thioether (sulfide) groups is 1. The molecule has 1 aliphatic rings. The van der Waals surface area contributed by atoms with Gasteiger partial charge in [-0.3, -0.25) is 9.36 Å². The Morgan fingerprint density at radius 2 is 1.95 bits per heavy atom. The first-order valence-corrected chi connectivity index (χ1v) is 7.54. The Kier molecular flexibility index (Phi) is 3.47. The Morgan fingerprint density at radius 3 is 2.53 bits per heavy atom. The van der Waals surface area contributed by atoms with Crippen LogP contribution in [0.2, 0.25) is 0 Å². The molecular formula is C16H17NOS. The van der Waals surface area contributed by atoms with Crippen molar-refractivity contribution in [1.29, 1.82) is 0 Å². The molecule has 1 aromatic carbocycles. The summed E-state index contributed by atoms with van der Waals surface area (Å²) in [4.78, 5) is 12.3. The molecule has 3 rings (SSSR count). The van der Waals surface area contributed by atoms with Crippen LogP contribution in [0.15, 0.2) is 48.3 Å². The van der Waals surface area contributed by atoms with Crippen molar-refractivity contribution in [1.82, 2.24) is 4.57 Å². The summed E-state index contributed by atoms with van der Waals surface area (Å²) in [5.74, 6) is 0. The van der Waals surface area contributed by atoms with E-state index < -0.39 is 0 Å². The van der Waals surface area contributed by atoms with Gasteiger partial charge in [-0.15, -0.1) is 0 Å². The maximum atomic E-state index is 12.3. The van der Waals surface area contributed by atoms with E-state index in [2.05, 4.69) is 13.0 Å². The number of aromatic nitrogens is 1. The van der Waals surface area contributed by atoms with Crippen LogP contribution < -0.4 is 0 Å². The normalized spacial score (nSPS) is 19.4. The number of carbonyl (C=O) groups is 1. The van der Waals surface area contributed by atoms with E-state index >= 15 is 0 Å². The zero-order valence-electron chi connectivity index (χ0n) is 11.0. The minimum absolute atomic E-state index is 0.133. The molecular weight excluding hydrogens is 254 g/mol. The molecule has 98 valence electrons. The number of nitrogens with zero attached hydrogens (tertiary/aromatic N) is 1. The molecule has 0 saturated carbocycles. The van der Waals surface area contributed by atoms with E-state index in [0.29, 0.717) is 5.25 Å². The van der Waals surface area contributed by atoms with Gasteiger partial charge in [0.1, 0.15) is 0 Å². The number of allylic oxidation sites excluding steroid dienone is 2. The zero-order chi connectivity index (χ0) is 13.2. The Morgan fingerprint density at radius 1 is 1.26 bits per heavy atom. The fourth-order valence-corrected chi connectivity index (χ4v) is 3.38. The number of carbonyl (C=O) groups excluding carboxylic acids is 1. The Hall–Kier alpha value is -1.48. The number of fused-ring (bicyclic) bond motifs is 1. The first kappa shape index (κ1) is 12.5. The largest absolute Gasteiger partial charge is 0.289 e. The van der Waals surface area contributed by atoms with Crippen LogP contribution in [-0.2, 0) is 0 Å². The molecule has 3 heteroatoms. The van der Waals surface area contributed by atoms with Crippen LogP contribution in [0, 0.1) is 0 Å². The molecule has 0 radical (unpaired) electrons. The lowest BCUT2D eigenvalue weighted by molar-refractivity contribution is 0.262. The van der Waals surface area contributed by atoms with Crippen molar-refractivity contribution in [2.24, 2.45) is 0 Å². The van der Waals surface area contributed by atoms with Crippen molar-refractivity contribution in [3.63, 3.8) is 0 Å². The maximum Gasteiger partial charge on any atom is 0.289 e. The third-order valence-electron chi connectivity index (χ3n) is 3.62. The number of hydrogen-bond donors (Lipinski definition) is 0. The molecule has 1 atom stereocenters. The second-order valence-corrected chi connectivity index (χ2v) is 6.38. The van der Waals surface area contributed by atoms with Crippen molar-refractivity contribution < 1.29 is 4.79 Å². The Bertz CT molecular complexity index is 608. The van der Waals surface area contributed by atoms with E-state index in [9.17, 15) is 4.79 Å². The lowest BCUT2D eigenvalue weighted by atomic mass is 10.0. The third kappa shape index (κ3) is 2.76. The summed E-state index contributed by atoms with van der Waals surface area (Å²) in [5, 5.41) is 2.81. The molecule has 1 aliphatic carbocycles. The first-order chi connectivity index (χ1) is 9.22. The highest BCUT2D eigenvalue weighted by Gasteiger charge is 2.18. The fraction of sp³-hybridized carbons (Fsp3) is 0.312. The Labute approximate surface area is 117 Å². The van der Waals surface area contributed by atoms with E-state index in [-0.39, 0.29) is 5.24 Å². The van der Waals surface area contributed by atoms with E-state index in [1.807, 2.05) is 36.7 Å².